The summed E-state index contributed by atoms with van der Waals surface area (Å²) in [6, 6.07) is 10.6. The molecule has 2 aromatic heterocycles. The van der Waals surface area contributed by atoms with E-state index in [1.807, 2.05) is 0 Å². The van der Waals surface area contributed by atoms with Crippen LogP contribution in [0.3, 0.4) is 0 Å². The first-order chi connectivity index (χ1) is 13.9. The predicted molar refractivity (Wildman–Crippen MR) is 115 cm³/mol. The molecule has 0 aliphatic carbocycles. The molecule has 10 heteroatoms. The van der Waals surface area contributed by atoms with Gasteiger partial charge in [-0.05, 0) is 30.3 Å². The zero-order chi connectivity index (χ0) is 20.6. The van der Waals surface area contributed by atoms with E-state index in [4.69, 9.17) is 0 Å². The number of pyridine rings is 1. The van der Waals surface area contributed by atoms with Gasteiger partial charge in [-0.15, -0.1) is 24.8 Å². The van der Waals surface area contributed by atoms with Crippen molar-refractivity contribution in [2.45, 2.75) is 25.0 Å². The molecule has 4 aromatic rings. The quantitative estimate of drug-likeness (QED) is 0.455. The van der Waals surface area contributed by atoms with Crippen LogP contribution in [0, 0.1) is 17.5 Å². The van der Waals surface area contributed by atoms with E-state index in [1.165, 1.54) is 41.6 Å². The van der Waals surface area contributed by atoms with Crippen LogP contribution in [0.5, 0.6) is 0 Å². The van der Waals surface area contributed by atoms with Crippen LogP contribution in [-0.4, -0.2) is 24.9 Å². The maximum absolute atomic E-state index is 14.6. The smallest absolute Gasteiger partial charge is 0.137 e. The van der Waals surface area contributed by atoms with Gasteiger partial charge >= 0.3 is 0 Å². The Kier molecular flexibility index (Phi) is 7.64. The molecule has 0 saturated heterocycles. The van der Waals surface area contributed by atoms with E-state index in [2.05, 4.69) is 15.1 Å². The molecule has 1 N–H and O–H groups in total. The number of fused-ring (bicyclic) bond motifs is 1. The van der Waals surface area contributed by atoms with Gasteiger partial charge in [-0.1, -0.05) is 19.1 Å². The fourth-order valence-corrected chi connectivity index (χ4v) is 3.46. The van der Waals surface area contributed by atoms with Gasteiger partial charge in [0, 0.05) is 28.6 Å². The average molecular weight is 471 g/mol. The molecule has 2 heterocycles. The van der Waals surface area contributed by atoms with Crippen LogP contribution < -0.4 is 0 Å². The molecule has 5 nitrogen and oxygen atoms in total. The second kappa shape index (κ2) is 9.64. The second-order valence-electron chi connectivity index (χ2n) is 6.94. The molecule has 2 unspecified atom stereocenters. The zero-order valence-electron chi connectivity index (χ0n) is 16.2. The van der Waals surface area contributed by atoms with Crippen molar-refractivity contribution in [1.82, 2.24) is 19.7 Å². The Balaban J connectivity index is 0.00000171. The molecule has 2 aromatic carbocycles. The molecule has 0 bridgehead atoms. The first-order valence-electron chi connectivity index (χ1n) is 8.93. The summed E-state index contributed by atoms with van der Waals surface area (Å²) < 4.78 is 42.9. The Labute approximate surface area is 188 Å². The third kappa shape index (κ3) is 4.81. The third-order valence-electron chi connectivity index (χ3n) is 5.10. The highest BCUT2D eigenvalue weighted by atomic mass is 35.5. The maximum atomic E-state index is 14.6. The van der Waals surface area contributed by atoms with Crippen LogP contribution in [0.4, 0.5) is 13.2 Å². The molecule has 2 atom stereocenters. The van der Waals surface area contributed by atoms with E-state index >= 15 is 0 Å². The summed E-state index contributed by atoms with van der Waals surface area (Å²) in [6.45, 7) is 1.57. The van der Waals surface area contributed by atoms with Crippen LogP contribution in [0.2, 0.25) is 0 Å². The highest BCUT2D eigenvalue weighted by molar-refractivity contribution is 5.85. The molecular weight excluding hydrogens is 452 g/mol. The van der Waals surface area contributed by atoms with E-state index in [0.717, 1.165) is 12.1 Å². The fourth-order valence-electron chi connectivity index (χ4n) is 3.46. The van der Waals surface area contributed by atoms with Crippen molar-refractivity contribution in [2.24, 2.45) is 0 Å². The van der Waals surface area contributed by atoms with Crippen molar-refractivity contribution in [1.29, 1.82) is 0 Å². The summed E-state index contributed by atoms with van der Waals surface area (Å²) >= 11 is 0. The number of aromatic nitrogens is 4. The topological polar surface area (TPSA) is 63.8 Å². The van der Waals surface area contributed by atoms with Gasteiger partial charge in [-0.2, -0.15) is 5.10 Å². The molecule has 31 heavy (non-hydrogen) atoms. The number of hydrogen-bond acceptors (Lipinski definition) is 4. The fraction of sp³-hybridized carbons (Fsp3) is 0.190. The minimum absolute atomic E-state index is 0. The minimum Gasteiger partial charge on any atom is -0.382 e. The van der Waals surface area contributed by atoms with Crippen molar-refractivity contribution in [3.05, 3.63) is 89.9 Å². The number of aliphatic hydroxyl groups is 1. The SMILES string of the molecule is CC(c1ccc2cc(F)ccc2n1)C(O)(Cn1cncn1)c1ccc(F)cc1F.Cl.Cl. The minimum atomic E-state index is -1.80. The highest BCUT2D eigenvalue weighted by Gasteiger charge is 2.40. The molecule has 164 valence electrons. The largest absolute Gasteiger partial charge is 0.382 e. The van der Waals surface area contributed by atoms with Crippen LogP contribution in [-0.2, 0) is 12.1 Å². The Morgan fingerprint density at radius 3 is 2.39 bits per heavy atom. The van der Waals surface area contributed by atoms with E-state index in [0.29, 0.717) is 16.6 Å². The van der Waals surface area contributed by atoms with Gasteiger partial charge in [0.2, 0.25) is 0 Å². The van der Waals surface area contributed by atoms with E-state index in [9.17, 15) is 18.3 Å². The van der Waals surface area contributed by atoms with Gasteiger partial charge < -0.3 is 5.11 Å². The Hall–Kier alpha value is -2.68. The molecule has 0 aliphatic rings. The van der Waals surface area contributed by atoms with E-state index in [-0.39, 0.29) is 42.7 Å². The summed E-state index contributed by atoms with van der Waals surface area (Å²) in [5.41, 5.74) is -0.872. The van der Waals surface area contributed by atoms with Gasteiger partial charge in [0.05, 0.1) is 12.1 Å². The molecule has 0 fully saturated rings. The van der Waals surface area contributed by atoms with Gasteiger partial charge in [-0.25, -0.2) is 22.8 Å². The van der Waals surface area contributed by atoms with Crippen molar-refractivity contribution in [2.75, 3.05) is 0 Å². The Morgan fingerprint density at radius 2 is 1.71 bits per heavy atom. The first kappa shape index (κ1) is 24.6. The summed E-state index contributed by atoms with van der Waals surface area (Å²) in [6.07, 6.45) is 2.70. The zero-order valence-corrected chi connectivity index (χ0v) is 17.9. The second-order valence-corrected chi connectivity index (χ2v) is 6.94. The molecular formula is C21H19Cl2F3N4O. The number of rotatable bonds is 5. The van der Waals surface area contributed by atoms with Crippen LogP contribution in [0.1, 0.15) is 24.1 Å². The average Bonchev–Trinajstić information content (AvgIpc) is 3.19. The van der Waals surface area contributed by atoms with Gasteiger partial charge in [0.25, 0.3) is 0 Å². The standard InChI is InChI=1S/C21H17F3N4O.2ClH/c1-13(19-6-2-14-8-15(22)4-7-20(14)27-19)21(29,10-28-12-25-11-26-28)17-5-3-16(23)9-18(17)24;;/h2-9,11-13,29H,10H2,1H3;2*1H. The molecule has 0 radical (unpaired) electrons. The number of hydrogen-bond donors (Lipinski definition) is 1. The number of nitrogens with zero attached hydrogens (tertiary/aromatic N) is 4. The van der Waals surface area contributed by atoms with Crippen LogP contribution in [0.15, 0.2) is 61.2 Å². The third-order valence-corrected chi connectivity index (χ3v) is 5.10. The lowest BCUT2D eigenvalue weighted by molar-refractivity contribution is -0.0122. The number of benzene rings is 2. The van der Waals surface area contributed by atoms with Crippen molar-refractivity contribution < 1.29 is 18.3 Å². The van der Waals surface area contributed by atoms with Crippen LogP contribution in [0.25, 0.3) is 10.9 Å². The summed E-state index contributed by atoms with van der Waals surface area (Å²) in [5.74, 6) is -2.70. The molecule has 4 rings (SSSR count). The van der Waals surface area contributed by atoms with Gasteiger partial charge in [0.15, 0.2) is 0 Å². The van der Waals surface area contributed by atoms with Gasteiger partial charge in [0.1, 0.15) is 35.7 Å². The summed E-state index contributed by atoms with van der Waals surface area (Å²) in [7, 11) is 0. The highest BCUT2D eigenvalue weighted by Crippen LogP contribution is 2.39. The Morgan fingerprint density at radius 1 is 1.00 bits per heavy atom. The molecule has 0 spiro atoms. The normalized spacial score (nSPS) is 13.7. The maximum Gasteiger partial charge on any atom is 0.137 e. The molecule has 0 aliphatic heterocycles. The molecule has 0 saturated carbocycles. The van der Waals surface area contributed by atoms with E-state index in [1.54, 1.807) is 19.1 Å². The first-order valence-corrected chi connectivity index (χ1v) is 8.93. The summed E-state index contributed by atoms with van der Waals surface area (Å²) in [4.78, 5) is 8.37. The van der Waals surface area contributed by atoms with Crippen LogP contribution >= 0.6 is 24.8 Å². The lowest BCUT2D eigenvalue weighted by Crippen LogP contribution is -2.38. The monoisotopic (exact) mass is 470 g/mol. The van der Waals surface area contributed by atoms with Crippen molar-refractivity contribution >= 4 is 35.7 Å². The lowest BCUT2D eigenvalue weighted by Gasteiger charge is -2.34. The number of halogens is 5. The van der Waals surface area contributed by atoms with Gasteiger partial charge in [-0.3, -0.25) is 4.98 Å². The van der Waals surface area contributed by atoms with Crippen molar-refractivity contribution in [3.63, 3.8) is 0 Å². The Bertz CT molecular complexity index is 1180. The molecule has 0 amide bonds. The predicted octanol–water partition coefficient (Wildman–Crippen LogP) is 4.78. The van der Waals surface area contributed by atoms with Crippen molar-refractivity contribution in [3.8, 4) is 0 Å². The lowest BCUT2D eigenvalue weighted by atomic mass is 9.79. The van der Waals surface area contributed by atoms with E-state index < -0.39 is 23.2 Å². The summed E-state index contributed by atoms with van der Waals surface area (Å²) in [5, 5.41) is 16.2.